The molecule has 1 heterocycles. The normalized spacial score (nSPS) is 21.3. The van der Waals surface area contributed by atoms with E-state index in [0.29, 0.717) is 6.10 Å². The van der Waals surface area contributed by atoms with Gasteiger partial charge >= 0.3 is 0 Å². The molecule has 1 unspecified atom stereocenters. The maximum absolute atomic E-state index is 5.87. The van der Waals surface area contributed by atoms with Crippen LogP contribution in [-0.2, 0) is 4.74 Å². The molecule has 108 valence electrons. The van der Waals surface area contributed by atoms with Gasteiger partial charge in [0.25, 0.3) is 0 Å². The van der Waals surface area contributed by atoms with Crippen molar-refractivity contribution in [3.8, 4) is 0 Å². The molecule has 1 fully saturated rings. The van der Waals surface area contributed by atoms with Gasteiger partial charge in [-0.25, -0.2) is 0 Å². The molecule has 0 aromatic carbocycles. The summed E-state index contributed by atoms with van der Waals surface area (Å²) in [7, 11) is 0. The standard InChI is InChI=1S/C15H32N2O/c1-3-9-16-10-5-6-11-17-12-7-8-15(14-17)18-13-4-2/h15-16H,3-14H2,1-2H3. The molecule has 0 aromatic heterocycles. The smallest absolute Gasteiger partial charge is 0.0702 e. The lowest BCUT2D eigenvalue weighted by atomic mass is 10.1. The van der Waals surface area contributed by atoms with Gasteiger partial charge in [0.15, 0.2) is 0 Å². The van der Waals surface area contributed by atoms with Crippen LogP contribution in [-0.4, -0.2) is 50.3 Å². The molecular formula is C15H32N2O. The van der Waals surface area contributed by atoms with Crippen LogP contribution in [0.15, 0.2) is 0 Å². The molecule has 1 saturated heterocycles. The van der Waals surface area contributed by atoms with Crippen molar-refractivity contribution >= 4 is 0 Å². The lowest BCUT2D eigenvalue weighted by Gasteiger charge is -2.32. The fraction of sp³-hybridized carbons (Fsp3) is 1.00. The molecule has 0 bridgehead atoms. The zero-order valence-corrected chi connectivity index (χ0v) is 12.4. The lowest BCUT2D eigenvalue weighted by molar-refractivity contribution is -0.000316. The van der Waals surface area contributed by atoms with Gasteiger partial charge in [-0.15, -0.1) is 0 Å². The van der Waals surface area contributed by atoms with Gasteiger partial charge in [-0.05, 0) is 64.7 Å². The van der Waals surface area contributed by atoms with Crippen LogP contribution in [0, 0.1) is 0 Å². The maximum atomic E-state index is 5.87. The summed E-state index contributed by atoms with van der Waals surface area (Å²) in [5, 5.41) is 3.47. The van der Waals surface area contributed by atoms with Crippen molar-refractivity contribution in [1.29, 1.82) is 0 Å². The first-order valence-electron chi connectivity index (χ1n) is 7.91. The lowest BCUT2D eigenvalue weighted by Crippen LogP contribution is -2.40. The van der Waals surface area contributed by atoms with Crippen molar-refractivity contribution < 1.29 is 4.74 Å². The summed E-state index contributed by atoms with van der Waals surface area (Å²) >= 11 is 0. The minimum absolute atomic E-state index is 0.497. The average molecular weight is 256 g/mol. The highest BCUT2D eigenvalue weighted by atomic mass is 16.5. The van der Waals surface area contributed by atoms with Gasteiger partial charge in [0, 0.05) is 13.2 Å². The summed E-state index contributed by atoms with van der Waals surface area (Å²) in [6.45, 7) is 11.4. The molecule has 0 aromatic rings. The van der Waals surface area contributed by atoms with E-state index in [-0.39, 0.29) is 0 Å². The van der Waals surface area contributed by atoms with Crippen molar-refractivity contribution in [2.45, 2.75) is 58.5 Å². The fourth-order valence-corrected chi connectivity index (χ4v) is 2.52. The largest absolute Gasteiger partial charge is 0.377 e. The summed E-state index contributed by atoms with van der Waals surface area (Å²) < 4.78 is 5.87. The first-order valence-corrected chi connectivity index (χ1v) is 7.91. The van der Waals surface area contributed by atoms with Gasteiger partial charge in [-0.1, -0.05) is 13.8 Å². The van der Waals surface area contributed by atoms with Gasteiger partial charge in [0.2, 0.25) is 0 Å². The first kappa shape index (κ1) is 15.9. The predicted molar refractivity (Wildman–Crippen MR) is 78.1 cm³/mol. The Hall–Kier alpha value is -0.120. The Morgan fingerprint density at radius 1 is 1.17 bits per heavy atom. The molecule has 0 aliphatic carbocycles. The third-order valence-corrected chi connectivity index (χ3v) is 3.52. The first-order chi connectivity index (χ1) is 8.86. The van der Waals surface area contributed by atoms with E-state index in [1.807, 2.05) is 0 Å². The van der Waals surface area contributed by atoms with Gasteiger partial charge in [0.05, 0.1) is 6.10 Å². The van der Waals surface area contributed by atoms with E-state index in [9.17, 15) is 0 Å². The number of nitrogens with one attached hydrogen (secondary N) is 1. The van der Waals surface area contributed by atoms with E-state index in [0.717, 1.165) is 26.1 Å². The number of piperidine rings is 1. The molecule has 1 rings (SSSR count). The minimum atomic E-state index is 0.497. The Kier molecular flexibility index (Phi) is 9.54. The van der Waals surface area contributed by atoms with E-state index in [4.69, 9.17) is 4.74 Å². The highest BCUT2D eigenvalue weighted by Gasteiger charge is 2.19. The third kappa shape index (κ3) is 7.34. The molecule has 0 spiro atoms. The number of rotatable bonds is 10. The highest BCUT2D eigenvalue weighted by molar-refractivity contribution is 4.73. The third-order valence-electron chi connectivity index (χ3n) is 3.52. The summed E-state index contributed by atoms with van der Waals surface area (Å²) in [6, 6.07) is 0. The maximum Gasteiger partial charge on any atom is 0.0702 e. The van der Waals surface area contributed by atoms with Crippen LogP contribution >= 0.6 is 0 Å². The monoisotopic (exact) mass is 256 g/mol. The topological polar surface area (TPSA) is 24.5 Å². The Balaban J connectivity index is 2.00. The van der Waals surface area contributed by atoms with E-state index in [2.05, 4.69) is 24.1 Å². The fourth-order valence-electron chi connectivity index (χ4n) is 2.52. The number of ether oxygens (including phenoxy) is 1. The number of likely N-dealkylation sites (tertiary alicyclic amines) is 1. The van der Waals surface area contributed by atoms with Gasteiger partial charge < -0.3 is 15.0 Å². The minimum Gasteiger partial charge on any atom is -0.377 e. The molecule has 3 heteroatoms. The quantitative estimate of drug-likeness (QED) is 0.608. The van der Waals surface area contributed by atoms with Gasteiger partial charge in [0.1, 0.15) is 0 Å². The number of hydrogen-bond acceptors (Lipinski definition) is 3. The second kappa shape index (κ2) is 10.8. The second-order valence-corrected chi connectivity index (χ2v) is 5.39. The number of nitrogens with zero attached hydrogens (tertiary/aromatic N) is 1. The second-order valence-electron chi connectivity index (χ2n) is 5.39. The number of hydrogen-bond donors (Lipinski definition) is 1. The molecule has 1 aliphatic heterocycles. The van der Waals surface area contributed by atoms with Crippen molar-refractivity contribution in [1.82, 2.24) is 10.2 Å². The summed E-state index contributed by atoms with van der Waals surface area (Å²) in [5.74, 6) is 0. The molecule has 1 aliphatic rings. The van der Waals surface area contributed by atoms with Crippen LogP contribution in [0.4, 0.5) is 0 Å². The van der Waals surface area contributed by atoms with Crippen LogP contribution in [0.5, 0.6) is 0 Å². The molecule has 18 heavy (non-hydrogen) atoms. The summed E-state index contributed by atoms with van der Waals surface area (Å²) in [5.41, 5.74) is 0. The highest BCUT2D eigenvalue weighted by Crippen LogP contribution is 2.13. The summed E-state index contributed by atoms with van der Waals surface area (Å²) in [6.07, 6.45) is 8.06. The van der Waals surface area contributed by atoms with E-state index in [1.54, 1.807) is 0 Å². The van der Waals surface area contributed by atoms with E-state index >= 15 is 0 Å². The molecule has 0 saturated carbocycles. The Labute approximate surface area is 113 Å². The van der Waals surface area contributed by atoms with E-state index < -0.39 is 0 Å². The van der Waals surface area contributed by atoms with Crippen molar-refractivity contribution in [2.75, 3.05) is 39.3 Å². The zero-order chi connectivity index (χ0) is 13.1. The molecular weight excluding hydrogens is 224 g/mol. The average Bonchev–Trinajstić information content (AvgIpc) is 2.41. The van der Waals surface area contributed by atoms with Crippen LogP contribution in [0.1, 0.15) is 52.4 Å². The van der Waals surface area contributed by atoms with Crippen LogP contribution < -0.4 is 5.32 Å². The van der Waals surface area contributed by atoms with Crippen molar-refractivity contribution in [2.24, 2.45) is 0 Å². The Morgan fingerprint density at radius 2 is 2.06 bits per heavy atom. The van der Waals surface area contributed by atoms with Crippen LogP contribution in [0.3, 0.4) is 0 Å². The predicted octanol–water partition coefficient (Wildman–Crippen LogP) is 2.66. The van der Waals surface area contributed by atoms with Gasteiger partial charge in [-0.3, -0.25) is 0 Å². The molecule has 0 amide bonds. The summed E-state index contributed by atoms with van der Waals surface area (Å²) in [4.78, 5) is 2.59. The van der Waals surface area contributed by atoms with Crippen molar-refractivity contribution in [3.63, 3.8) is 0 Å². The molecule has 1 atom stereocenters. The number of unbranched alkanes of at least 4 members (excludes halogenated alkanes) is 1. The zero-order valence-electron chi connectivity index (χ0n) is 12.4. The molecule has 1 N–H and O–H groups in total. The Bertz CT molecular complexity index is 187. The molecule has 0 radical (unpaired) electrons. The van der Waals surface area contributed by atoms with Crippen LogP contribution in [0.2, 0.25) is 0 Å². The van der Waals surface area contributed by atoms with Gasteiger partial charge in [-0.2, -0.15) is 0 Å². The molecule has 3 nitrogen and oxygen atoms in total. The van der Waals surface area contributed by atoms with E-state index in [1.165, 1.54) is 51.7 Å². The SMILES string of the molecule is CCCNCCCCN1CCCC(OCCC)C1. The Morgan fingerprint density at radius 3 is 2.83 bits per heavy atom. The van der Waals surface area contributed by atoms with Crippen molar-refractivity contribution in [3.05, 3.63) is 0 Å². The van der Waals surface area contributed by atoms with Crippen LogP contribution in [0.25, 0.3) is 0 Å².